The van der Waals surface area contributed by atoms with Crippen LogP contribution < -0.4 is 11.1 Å². The van der Waals surface area contributed by atoms with Crippen molar-refractivity contribution in [1.29, 1.82) is 0 Å². The lowest BCUT2D eigenvalue weighted by atomic mass is 9.84. The number of carbonyl (C=O) groups is 1. The number of hydrogen-bond acceptors (Lipinski definition) is 3. The molecule has 1 aliphatic rings. The molecule has 1 fully saturated rings. The fourth-order valence-electron chi connectivity index (χ4n) is 3.42. The lowest BCUT2D eigenvalue weighted by molar-refractivity contribution is 0.0907. The van der Waals surface area contributed by atoms with Gasteiger partial charge in [-0.3, -0.25) is 4.79 Å². The Kier molecular flexibility index (Phi) is 5.21. The van der Waals surface area contributed by atoms with Crippen LogP contribution in [0, 0.1) is 12.8 Å². The molecule has 1 amide bonds. The van der Waals surface area contributed by atoms with E-state index in [2.05, 4.69) is 10.4 Å². The first-order valence-corrected chi connectivity index (χ1v) is 8.80. The summed E-state index contributed by atoms with van der Waals surface area (Å²) in [4.78, 5) is 12.7. The first-order valence-electron chi connectivity index (χ1n) is 8.42. The standard InChI is InChI=1S/C18H23ClN4O/c1-12-14(11-21-23(12)17-9-5-3-7-15(17)19)18(24)22-16-8-4-2-6-13(16)10-20/h3,5,7,9,11,13,16H,2,4,6,8,10,20H2,1H3,(H,22,24). The summed E-state index contributed by atoms with van der Waals surface area (Å²) < 4.78 is 1.71. The van der Waals surface area contributed by atoms with Crippen LogP contribution in [0.4, 0.5) is 0 Å². The molecule has 1 saturated carbocycles. The zero-order valence-electron chi connectivity index (χ0n) is 13.8. The predicted octanol–water partition coefficient (Wildman–Crippen LogP) is 3.08. The molecule has 3 rings (SSSR count). The molecule has 0 saturated heterocycles. The molecule has 0 aliphatic heterocycles. The third kappa shape index (κ3) is 3.32. The molecule has 0 radical (unpaired) electrons. The second kappa shape index (κ2) is 7.36. The van der Waals surface area contributed by atoms with Crippen LogP contribution in [0.3, 0.4) is 0 Å². The molecular weight excluding hydrogens is 324 g/mol. The van der Waals surface area contributed by atoms with Crippen LogP contribution in [0.15, 0.2) is 30.5 Å². The van der Waals surface area contributed by atoms with E-state index in [-0.39, 0.29) is 11.9 Å². The van der Waals surface area contributed by atoms with Gasteiger partial charge in [-0.1, -0.05) is 36.6 Å². The molecule has 1 aromatic carbocycles. The van der Waals surface area contributed by atoms with E-state index in [9.17, 15) is 4.79 Å². The smallest absolute Gasteiger partial charge is 0.254 e. The Morgan fingerprint density at radius 3 is 2.88 bits per heavy atom. The highest BCUT2D eigenvalue weighted by atomic mass is 35.5. The van der Waals surface area contributed by atoms with Gasteiger partial charge in [-0.05, 0) is 44.4 Å². The summed E-state index contributed by atoms with van der Waals surface area (Å²) in [7, 11) is 0. The third-order valence-electron chi connectivity index (χ3n) is 4.86. The summed E-state index contributed by atoms with van der Waals surface area (Å²) in [6, 6.07) is 7.62. The topological polar surface area (TPSA) is 72.9 Å². The van der Waals surface area contributed by atoms with Crippen molar-refractivity contribution < 1.29 is 4.79 Å². The maximum atomic E-state index is 12.7. The maximum Gasteiger partial charge on any atom is 0.254 e. The van der Waals surface area contributed by atoms with Gasteiger partial charge in [0.2, 0.25) is 0 Å². The number of carbonyl (C=O) groups excluding carboxylic acids is 1. The summed E-state index contributed by atoms with van der Waals surface area (Å²) >= 11 is 6.24. The van der Waals surface area contributed by atoms with Crippen molar-refractivity contribution in [2.45, 2.75) is 38.6 Å². The minimum absolute atomic E-state index is 0.0869. The molecule has 1 heterocycles. The quantitative estimate of drug-likeness (QED) is 0.893. The van der Waals surface area contributed by atoms with Crippen molar-refractivity contribution in [2.75, 3.05) is 6.54 Å². The molecule has 5 nitrogen and oxygen atoms in total. The van der Waals surface area contributed by atoms with Crippen molar-refractivity contribution in [3.05, 3.63) is 46.7 Å². The summed E-state index contributed by atoms with van der Waals surface area (Å²) in [6.07, 6.45) is 6.01. The maximum absolute atomic E-state index is 12.7. The number of amides is 1. The molecule has 0 bridgehead atoms. The Morgan fingerprint density at radius 1 is 1.38 bits per heavy atom. The molecule has 2 atom stereocenters. The number of hydrogen-bond donors (Lipinski definition) is 2. The molecule has 2 aromatic rings. The van der Waals surface area contributed by atoms with E-state index < -0.39 is 0 Å². The van der Waals surface area contributed by atoms with Crippen LogP contribution in [0.25, 0.3) is 5.69 Å². The molecule has 1 aromatic heterocycles. The van der Waals surface area contributed by atoms with Gasteiger partial charge in [0.15, 0.2) is 0 Å². The highest BCUT2D eigenvalue weighted by Crippen LogP contribution is 2.25. The molecule has 1 aliphatic carbocycles. The average Bonchev–Trinajstić information content (AvgIpc) is 2.97. The molecule has 24 heavy (non-hydrogen) atoms. The highest BCUT2D eigenvalue weighted by Gasteiger charge is 2.27. The lowest BCUT2D eigenvalue weighted by Crippen LogP contribution is -2.44. The molecular formula is C18H23ClN4O. The minimum Gasteiger partial charge on any atom is -0.349 e. The zero-order chi connectivity index (χ0) is 17.1. The number of nitrogens with zero attached hydrogens (tertiary/aromatic N) is 2. The van der Waals surface area contributed by atoms with Gasteiger partial charge < -0.3 is 11.1 Å². The largest absolute Gasteiger partial charge is 0.349 e. The monoisotopic (exact) mass is 346 g/mol. The predicted molar refractivity (Wildman–Crippen MR) is 95.6 cm³/mol. The van der Waals surface area contributed by atoms with Crippen LogP contribution in [-0.2, 0) is 0 Å². The molecule has 6 heteroatoms. The lowest BCUT2D eigenvalue weighted by Gasteiger charge is -2.31. The fourth-order valence-corrected chi connectivity index (χ4v) is 3.64. The summed E-state index contributed by atoms with van der Waals surface area (Å²) in [5, 5.41) is 8.10. The van der Waals surface area contributed by atoms with Crippen LogP contribution >= 0.6 is 11.6 Å². The Hall–Kier alpha value is -1.85. The van der Waals surface area contributed by atoms with E-state index in [1.807, 2.05) is 31.2 Å². The highest BCUT2D eigenvalue weighted by molar-refractivity contribution is 6.32. The Morgan fingerprint density at radius 2 is 2.12 bits per heavy atom. The molecule has 3 N–H and O–H groups in total. The Labute approximate surface area is 147 Å². The normalized spacial score (nSPS) is 20.8. The number of nitrogens with one attached hydrogen (secondary N) is 1. The number of rotatable bonds is 4. The van der Waals surface area contributed by atoms with Gasteiger partial charge >= 0.3 is 0 Å². The second-order valence-electron chi connectivity index (χ2n) is 6.37. The average molecular weight is 347 g/mol. The third-order valence-corrected chi connectivity index (χ3v) is 5.18. The van der Waals surface area contributed by atoms with Crippen LogP contribution in [0.2, 0.25) is 5.02 Å². The summed E-state index contributed by atoms with van der Waals surface area (Å²) in [5.74, 6) is 0.276. The van der Waals surface area contributed by atoms with Crippen molar-refractivity contribution in [2.24, 2.45) is 11.7 Å². The van der Waals surface area contributed by atoms with Gasteiger partial charge in [-0.25, -0.2) is 4.68 Å². The van der Waals surface area contributed by atoms with E-state index in [1.165, 1.54) is 6.42 Å². The first-order chi connectivity index (χ1) is 11.6. The fraction of sp³-hybridized carbons (Fsp3) is 0.444. The van der Waals surface area contributed by atoms with Gasteiger partial charge in [0.25, 0.3) is 5.91 Å². The summed E-state index contributed by atoms with van der Waals surface area (Å²) in [5.41, 5.74) is 7.98. The van der Waals surface area contributed by atoms with E-state index in [1.54, 1.807) is 10.9 Å². The molecule has 128 valence electrons. The first kappa shape index (κ1) is 17.0. The van der Waals surface area contributed by atoms with Gasteiger partial charge in [0.1, 0.15) is 0 Å². The molecule has 0 spiro atoms. The number of para-hydroxylation sites is 1. The van der Waals surface area contributed by atoms with Crippen LogP contribution in [0.5, 0.6) is 0 Å². The van der Waals surface area contributed by atoms with Crippen molar-refractivity contribution in [3.63, 3.8) is 0 Å². The SMILES string of the molecule is Cc1c(C(=O)NC2CCCCC2CN)cnn1-c1ccccc1Cl. The second-order valence-corrected chi connectivity index (χ2v) is 6.77. The van der Waals surface area contributed by atoms with Crippen molar-refractivity contribution in [3.8, 4) is 5.69 Å². The number of halogens is 1. The van der Waals surface area contributed by atoms with Gasteiger partial charge in [-0.15, -0.1) is 0 Å². The number of nitrogens with two attached hydrogens (primary N) is 1. The van der Waals surface area contributed by atoms with Crippen molar-refractivity contribution in [1.82, 2.24) is 15.1 Å². The van der Waals surface area contributed by atoms with Crippen LogP contribution in [-0.4, -0.2) is 28.3 Å². The van der Waals surface area contributed by atoms with Crippen LogP contribution in [0.1, 0.15) is 41.7 Å². The van der Waals surface area contributed by atoms with E-state index >= 15 is 0 Å². The number of benzene rings is 1. The Balaban J connectivity index is 1.80. The number of aromatic nitrogens is 2. The van der Waals surface area contributed by atoms with Gasteiger partial charge in [0, 0.05) is 6.04 Å². The zero-order valence-corrected chi connectivity index (χ0v) is 14.6. The van der Waals surface area contributed by atoms with Gasteiger partial charge in [0.05, 0.1) is 28.2 Å². The summed E-state index contributed by atoms with van der Waals surface area (Å²) in [6.45, 7) is 2.50. The van der Waals surface area contributed by atoms with Gasteiger partial charge in [-0.2, -0.15) is 5.10 Å². The molecule has 2 unspecified atom stereocenters. The van der Waals surface area contributed by atoms with E-state index in [0.717, 1.165) is 30.6 Å². The van der Waals surface area contributed by atoms with E-state index in [0.29, 0.717) is 23.0 Å². The minimum atomic E-state index is -0.0869. The van der Waals surface area contributed by atoms with Crippen molar-refractivity contribution >= 4 is 17.5 Å². The Bertz CT molecular complexity index is 728. The van der Waals surface area contributed by atoms with E-state index in [4.69, 9.17) is 17.3 Å².